The number of hydrogen-bond donors (Lipinski definition) is 3. The summed E-state index contributed by atoms with van der Waals surface area (Å²) in [6.07, 6.45) is -0.191. The Hall–Kier alpha value is -3.63. The summed E-state index contributed by atoms with van der Waals surface area (Å²) in [4.78, 5) is 63.6. The van der Waals surface area contributed by atoms with Gasteiger partial charge in [0.2, 0.25) is 5.91 Å². The summed E-state index contributed by atoms with van der Waals surface area (Å²) in [5.74, 6) is -3.32. The molecule has 0 unspecified atom stereocenters. The molecule has 1 aromatic rings. The molecule has 0 saturated carbocycles. The Morgan fingerprint density at radius 3 is 1.85 bits per heavy atom. The van der Waals surface area contributed by atoms with E-state index < -0.39 is 41.9 Å². The van der Waals surface area contributed by atoms with Gasteiger partial charge in [-0.1, -0.05) is 71.9 Å². The number of alkyl carbamates (subject to hydrolysis) is 1. The first kappa shape index (κ1) is 33.4. The van der Waals surface area contributed by atoms with Gasteiger partial charge in [-0.25, -0.2) is 14.6 Å². The summed E-state index contributed by atoms with van der Waals surface area (Å²) in [7, 11) is 0. The van der Waals surface area contributed by atoms with Gasteiger partial charge in [-0.2, -0.15) is 0 Å². The normalized spacial score (nSPS) is 12.5. The van der Waals surface area contributed by atoms with Crippen molar-refractivity contribution in [3.05, 3.63) is 35.9 Å². The van der Waals surface area contributed by atoms with Gasteiger partial charge in [0.05, 0.1) is 6.61 Å². The third-order valence-corrected chi connectivity index (χ3v) is 5.36. The van der Waals surface area contributed by atoms with Crippen molar-refractivity contribution in [2.24, 2.45) is 17.8 Å². The molecular weight excluding hydrogens is 504 g/mol. The van der Waals surface area contributed by atoms with Crippen LogP contribution >= 0.6 is 0 Å². The van der Waals surface area contributed by atoms with Gasteiger partial charge >= 0.3 is 18.0 Å². The number of carbonyl (C=O) groups is 5. The van der Waals surface area contributed by atoms with Crippen LogP contribution in [0.4, 0.5) is 4.79 Å². The second-order valence-electron chi connectivity index (χ2n) is 10.6. The van der Waals surface area contributed by atoms with Crippen molar-refractivity contribution in [1.82, 2.24) is 21.1 Å². The fourth-order valence-electron chi connectivity index (χ4n) is 3.64. The average Bonchev–Trinajstić information content (AvgIpc) is 2.85. The molecule has 4 amide bonds. The van der Waals surface area contributed by atoms with E-state index in [1.165, 1.54) is 0 Å². The zero-order valence-corrected chi connectivity index (χ0v) is 24.1. The third kappa shape index (κ3) is 13.1. The zero-order chi connectivity index (χ0) is 29.5. The van der Waals surface area contributed by atoms with E-state index in [0.717, 1.165) is 10.6 Å². The van der Waals surface area contributed by atoms with Crippen molar-refractivity contribution < 1.29 is 33.4 Å². The first-order chi connectivity index (χ1) is 18.3. The highest BCUT2D eigenvalue weighted by Crippen LogP contribution is 2.10. The lowest BCUT2D eigenvalue weighted by atomic mass is 10.0. The zero-order valence-electron chi connectivity index (χ0n) is 24.1. The first-order valence-corrected chi connectivity index (χ1v) is 13.4. The number of nitrogens with zero attached hydrogens (tertiary/aromatic N) is 1. The maximum atomic E-state index is 13.3. The quantitative estimate of drug-likeness (QED) is 0.195. The van der Waals surface area contributed by atoms with Gasteiger partial charge in [0, 0.05) is 6.54 Å². The topological polar surface area (TPSA) is 143 Å². The Morgan fingerprint density at radius 1 is 0.769 bits per heavy atom. The van der Waals surface area contributed by atoms with Crippen LogP contribution in [0.2, 0.25) is 0 Å². The second kappa shape index (κ2) is 17.1. The number of esters is 1. The fraction of sp³-hybridized carbons (Fsp3) is 0.607. The predicted octanol–water partition coefficient (Wildman–Crippen LogP) is 2.94. The number of hydrogen-bond acceptors (Lipinski definition) is 7. The second-order valence-corrected chi connectivity index (χ2v) is 10.6. The minimum absolute atomic E-state index is 0.00713. The van der Waals surface area contributed by atoms with Gasteiger partial charge in [-0.05, 0) is 43.1 Å². The minimum atomic E-state index is -1.09. The average molecular weight is 549 g/mol. The van der Waals surface area contributed by atoms with E-state index >= 15 is 0 Å². The van der Waals surface area contributed by atoms with E-state index in [0.29, 0.717) is 6.42 Å². The van der Waals surface area contributed by atoms with Crippen LogP contribution in [0.1, 0.15) is 66.9 Å². The van der Waals surface area contributed by atoms with Crippen LogP contribution in [-0.2, 0) is 35.3 Å². The number of rotatable bonds is 13. The molecule has 1 aromatic carbocycles. The van der Waals surface area contributed by atoms with Crippen molar-refractivity contribution >= 4 is 29.8 Å². The number of nitrogens with one attached hydrogen (secondary N) is 3. The number of ether oxygens (including phenoxy) is 2. The van der Waals surface area contributed by atoms with Gasteiger partial charge in [-0.3, -0.25) is 19.8 Å². The lowest BCUT2D eigenvalue weighted by Crippen LogP contribution is -2.58. The van der Waals surface area contributed by atoms with Crippen LogP contribution in [0.5, 0.6) is 0 Å². The van der Waals surface area contributed by atoms with E-state index in [1.54, 1.807) is 6.92 Å². The van der Waals surface area contributed by atoms with Crippen LogP contribution in [-0.4, -0.2) is 60.0 Å². The van der Waals surface area contributed by atoms with Gasteiger partial charge in [0.25, 0.3) is 5.91 Å². The largest absolute Gasteiger partial charge is 0.459 e. The van der Waals surface area contributed by atoms with Crippen molar-refractivity contribution in [2.45, 2.75) is 80.0 Å². The van der Waals surface area contributed by atoms with Crippen LogP contribution < -0.4 is 16.1 Å². The maximum Gasteiger partial charge on any atom is 0.408 e. The summed E-state index contributed by atoms with van der Waals surface area (Å²) in [6.45, 7) is 12.9. The van der Waals surface area contributed by atoms with E-state index in [4.69, 9.17) is 9.47 Å². The maximum absolute atomic E-state index is 13.3. The molecule has 0 aliphatic heterocycles. The lowest BCUT2D eigenvalue weighted by molar-refractivity contribution is -0.163. The van der Waals surface area contributed by atoms with Crippen LogP contribution in [0.25, 0.3) is 0 Å². The molecular formula is C28H44N4O7. The molecule has 218 valence electrons. The van der Waals surface area contributed by atoms with Gasteiger partial charge in [0.15, 0.2) is 0 Å². The smallest absolute Gasteiger partial charge is 0.408 e. The van der Waals surface area contributed by atoms with Gasteiger partial charge in [0.1, 0.15) is 18.7 Å². The van der Waals surface area contributed by atoms with Gasteiger partial charge in [-0.15, -0.1) is 0 Å². The fourth-order valence-corrected chi connectivity index (χ4v) is 3.64. The van der Waals surface area contributed by atoms with Crippen LogP contribution in [0.15, 0.2) is 30.3 Å². The molecule has 1 rings (SSSR count). The molecule has 0 aromatic heterocycles. The van der Waals surface area contributed by atoms with E-state index in [-0.39, 0.29) is 43.9 Å². The molecule has 0 bridgehead atoms. The molecule has 0 heterocycles. The standard InChI is InChI=1S/C28H44N4O7/c1-8-38-27(36)26(35)32(16-20(6)7)31-25(34)23(15-19(4)5)29-24(33)22(14-18(2)3)30-28(37)39-17-21-12-10-9-11-13-21/h9-13,18-20,22-23H,8,14-17H2,1-7H3,(H,29,33)(H,30,37)(H,31,34)/t22-,23-/m0/s1. The van der Waals surface area contributed by atoms with E-state index in [1.807, 2.05) is 71.9 Å². The lowest BCUT2D eigenvalue weighted by Gasteiger charge is -2.28. The molecule has 11 heteroatoms. The molecule has 0 aliphatic carbocycles. The Morgan fingerprint density at radius 2 is 1.33 bits per heavy atom. The Kier molecular flexibility index (Phi) is 14.6. The highest BCUT2D eigenvalue weighted by atomic mass is 16.5. The Balaban J connectivity index is 2.99. The molecule has 2 atom stereocenters. The molecule has 39 heavy (non-hydrogen) atoms. The Bertz CT molecular complexity index is 950. The predicted molar refractivity (Wildman–Crippen MR) is 146 cm³/mol. The monoisotopic (exact) mass is 548 g/mol. The van der Waals surface area contributed by atoms with Crippen molar-refractivity contribution in [2.75, 3.05) is 13.2 Å². The summed E-state index contributed by atoms with van der Waals surface area (Å²) in [6, 6.07) is 7.15. The summed E-state index contributed by atoms with van der Waals surface area (Å²) in [5.41, 5.74) is 3.27. The SMILES string of the molecule is CCOC(=O)C(=O)N(CC(C)C)NC(=O)[C@H](CC(C)C)NC(=O)[C@H](CC(C)C)NC(=O)OCc1ccccc1. The molecule has 0 saturated heterocycles. The summed E-state index contributed by atoms with van der Waals surface area (Å²) < 4.78 is 10.1. The van der Waals surface area contributed by atoms with Crippen LogP contribution in [0, 0.1) is 17.8 Å². The highest BCUT2D eigenvalue weighted by molar-refractivity contribution is 6.32. The summed E-state index contributed by atoms with van der Waals surface area (Å²) >= 11 is 0. The molecule has 3 N–H and O–H groups in total. The van der Waals surface area contributed by atoms with Crippen molar-refractivity contribution in [3.8, 4) is 0 Å². The Labute approximate surface area is 231 Å². The minimum Gasteiger partial charge on any atom is -0.459 e. The molecule has 0 aliphatic rings. The van der Waals surface area contributed by atoms with E-state index in [9.17, 15) is 24.0 Å². The van der Waals surface area contributed by atoms with Gasteiger partial charge < -0.3 is 20.1 Å². The number of carbonyl (C=O) groups excluding carboxylic acids is 5. The molecule has 11 nitrogen and oxygen atoms in total. The van der Waals surface area contributed by atoms with Crippen LogP contribution in [0.3, 0.4) is 0 Å². The first-order valence-electron chi connectivity index (χ1n) is 13.4. The van der Waals surface area contributed by atoms with Crippen molar-refractivity contribution in [1.29, 1.82) is 0 Å². The summed E-state index contributed by atoms with van der Waals surface area (Å²) in [5, 5.41) is 6.22. The van der Waals surface area contributed by atoms with E-state index in [2.05, 4.69) is 16.1 Å². The number of amides is 4. The molecule has 0 radical (unpaired) electrons. The van der Waals surface area contributed by atoms with Crippen molar-refractivity contribution in [3.63, 3.8) is 0 Å². The molecule has 0 fully saturated rings. The number of benzene rings is 1. The third-order valence-electron chi connectivity index (χ3n) is 5.36. The highest BCUT2D eigenvalue weighted by Gasteiger charge is 2.31. The number of hydrazine groups is 1. The molecule has 0 spiro atoms.